The average molecular weight is 361 g/mol. The minimum atomic E-state index is -3.54. The van der Waals surface area contributed by atoms with Crippen molar-refractivity contribution in [3.63, 3.8) is 0 Å². The first-order chi connectivity index (χ1) is 10.6. The van der Waals surface area contributed by atoms with Crippen molar-refractivity contribution >= 4 is 25.7 Å². The van der Waals surface area contributed by atoms with Gasteiger partial charge in [-0.05, 0) is 49.4 Å². The lowest BCUT2D eigenvalue weighted by molar-refractivity contribution is 0.222. The zero-order chi connectivity index (χ0) is 17.3. The summed E-state index contributed by atoms with van der Waals surface area (Å²) in [6.07, 6.45) is 1.03. The van der Waals surface area contributed by atoms with Crippen LogP contribution in [0, 0.1) is 11.8 Å². The van der Waals surface area contributed by atoms with Gasteiger partial charge in [-0.2, -0.15) is 4.31 Å². The van der Waals surface area contributed by atoms with Crippen molar-refractivity contribution in [1.29, 1.82) is 0 Å². The summed E-state index contributed by atoms with van der Waals surface area (Å²) in [5.74, 6) is 0.643. The van der Waals surface area contributed by atoms with E-state index in [2.05, 4.69) is 18.6 Å². The van der Waals surface area contributed by atoms with Crippen molar-refractivity contribution in [1.82, 2.24) is 4.31 Å². The molecule has 1 aromatic carbocycles. The van der Waals surface area contributed by atoms with Gasteiger partial charge in [0, 0.05) is 18.8 Å². The molecule has 1 aliphatic heterocycles. The Morgan fingerprint density at radius 3 is 2.04 bits per heavy atom. The third kappa shape index (κ3) is 4.45. The van der Waals surface area contributed by atoms with Crippen LogP contribution < -0.4 is 4.72 Å². The van der Waals surface area contributed by atoms with E-state index in [0.717, 1.165) is 6.42 Å². The van der Waals surface area contributed by atoms with Crippen LogP contribution in [0.4, 0.5) is 5.69 Å². The van der Waals surface area contributed by atoms with E-state index in [0.29, 0.717) is 30.6 Å². The molecule has 1 aliphatic rings. The molecular formula is C15H24N2O4S2. The lowest BCUT2D eigenvalue weighted by Gasteiger charge is -2.34. The zero-order valence-electron chi connectivity index (χ0n) is 13.7. The van der Waals surface area contributed by atoms with Gasteiger partial charge in [-0.25, -0.2) is 16.8 Å². The normalized spacial score (nSPS) is 23.6. The molecule has 0 bridgehead atoms. The van der Waals surface area contributed by atoms with Crippen molar-refractivity contribution in [3.8, 4) is 0 Å². The highest BCUT2D eigenvalue weighted by atomic mass is 32.2. The molecule has 0 spiro atoms. The van der Waals surface area contributed by atoms with Gasteiger partial charge in [-0.15, -0.1) is 0 Å². The molecule has 1 aromatic rings. The molecule has 130 valence electrons. The first kappa shape index (κ1) is 18.2. The highest BCUT2D eigenvalue weighted by molar-refractivity contribution is 7.92. The number of nitrogens with one attached hydrogen (secondary N) is 1. The lowest BCUT2D eigenvalue weighted by atomic mass is 9.94. The SMILES string of the molecule is CCS(=O)(=O)Nc1ccc(S(=O)(=O)N2C[C@H](C)C[C@H](C)C2)cc1. The maximum atomic E-state index is 12.7. The summed E-state index contributed by atoms with van der Waals surface area (Å²) in [5.41, 5.74) is 0.367. The highest BCUT2D eigenvalue weighted by Crippen LogP contribution is 2.27. The summed E-state index contributed by atoms with van der Waals surface area (Å²) in [5, 5.41) is 0. The van der Waals surface area contributed by atoms with Crippen LogP contribution >= 0.6 is 0 Å². The molecule has 0 aliphatic carbocycles. The van der Waals surface area contributed by atoms with E-state index in [9.17, 15) is 16.8 Å². The Bertz CT molecular complexity index is 732. The Kier molecular flexibility index (Phi) is 5.37. The fourth-order valence-corrected chi connectivity index (χ4v) is 5.22. The van der Waals surface area contributed by atoms with Crippen molar-refractivity contribution in [2.75, 3.05) is 23.6 Å². The van der Waals surface area contributed by atoms with E-state index in [1.807, 2.05) is 0 Å². The van der Waals surface area contributed by atoms with Crippen molar-refractivity contribution in [3.05, 3.63) is 24.3 Å². The standard InChI is InChI=1S/C15H24N2O4S2/c1-4-22(18,19)16-14-5-7-15(8-6-14)23(20,21)17-10-12(2)9-13(3)11-17/h5-8,12-13,16H,4,9-11H2,1-3H3/t12-,13+. The van der Waals surface area contributed by atoms with Crippen LogP contribution in [-0.2, 0) is 20.0 Å². The summed E-state index contributed by atoms with van der Waals surface area (Å²) in [6.45, 7) is 6.70. The van der Waals surface area contributed by atoms with Crippen LogP contribution in [0.3, 0.4) is 0 Å². The van der Waals surface area contributed by atoms with Gasteiger partial charge in [0.15, 0.2) is 0 Å². The van der Waals surface area contributed by atoms with Crippen LogP contribution in [0.1, 0.15) is 27.2 Å². The van der Waals surface area contributed by atoms with E-state index in [1.165, 1.54) is 28.6 Å². The van der Waals surface area contributed by atoms with E-state index < -0.39 is 20.0 Å². The molecular weight excluding hydrogens is 336 g/mol. The quantitative estimate of drug-likeness (QED) is 0.872. The third-order valence-electron chi connectivity index (χ3n) is 3.98. The largest absolute Gasteiger partial charge is 0.284 e. The molecule has 1 fully saturated rings. The molecule has 0 saturated carbocycles. The van der Waals surface area contributed by atoms with Gasteiger partial charge < -0.3 is 0 Å². The molecule has 0 radical (unpaired) electrons. The highest BCUT2D eigenvalue weighted by Gasteiger charge is 2.31. The number of rotatable bonds is 5. The van der Waals surface area contributed by atoms with Crippen molar-refractivity contribution in [2.24, 2.45) is 11.8 Å². The van der Waals surface area contributed by atoms with Crippen molar-refractivity contribution < 1.29 is 16.8 Å². The summed E-state index contributed by atoms with van der Waals surface area (Å²) in [6, 6.07) is 5.87. The second-order valence-electron chi connectivity index (χ2n) is 6.30. The number of sulfonamides is 2. The van der Waals surface area contributed by atoms with Gasteiger partial charge in [-0.1, -0.05) is 13.8 Å². The maximum Gasteiger partial charge on any atom is 0.243 e. The Labute approximate surface area is 139 Å². The van der Waals surface area contributed by atoms with Crippen LogP contribution in [-0.4, -0.2) is 40.0 Å². The zero-order valence-corrected chi connectivity index (χ0v) is 15.3. The Hall–Kier alpha value is -1.12. The van der Waals surface area contributed by atoms with Gasteiger partial charge in [0.1, 0.15) is 0 Å². The number of anilines is 1. The third-order valence-corrected chi connectivity index (χ3v) is 7.13. The molecule has 6 nitrogen and oxygen atoms in total. The minimum absolute atomic E-state index is 0.0311. The second-order valence-corrected chi connectivity index (χ2v) is 10.2. The molecule has 1 N–H and O–H groups in total. The van der Waals surface area contributed by atoms with Crippen LogP contribution in [0.2, 0.25) is 0 Å². The molecule has 23 heavy (non-hydrogen) atoms. The van der Waals surface area contributed by atoms with E-state index in [1.54, 1.807) is 6.92 Å². The van der Waals surface area contributed by atoms with E-state index in [4.69, 9.17) is 0 Å². The number of piperidine rings is 1. The Balaban J connectivity index is 2.21. The van der Waals surface area contributed by atoms with Crippen molar-refractivity contribution in [2.45, 2.75) is 32.1 Å². The van der Waals surface area contributed by atoms with Gasteiger partial charge in [0.25, 0.3) is 0 Å². The summed E-state index contributed by atoms with van der Waals surface area (Å²) < 4.78 is 52.4. The molecule has 0 amide bonds. The van der Waals surface area contributed by atoms with Crippen LogP contribution in [0.25, 0.3) is 0 Å². The van der Waals surface area contributed by atoms with E-state index >= 15 is 0 Å². The Morgan fingerprint density at radius 2 is 1.57 bits per heavy atom. The first-order valence-corrected chi connectivity index (χ1v) is 10.8. The predicted octanol–water partition coefficient (Wildman–Crippen LogP) is 2.11. The van der Waals surface area contributed by atoms with Crippen LogP contribution in [0.5, 0.6) is 0 Å². The fourth-order valence-electron chi connectivity index (χ4n) is 2.90. The van der Waals surface area contributed by atoms with Gasteiger partial charge in [0.05, 0.1) is 10.6 Å². The monoisotopic (exact) mass is 360 g/mol. The summed E-state index contributed by atoms with van der Waals surface area (Å²) in [4.78, 5) is 0.193. The Morgan fingerprint density at radius 1 is 1.04 bits per heavy atom. The molecule has 0 unspecified atom stereocenters. The number of hydrogen-bond donors (Lipinski definition) is 1. The van der Waals surface area contributed by atoms with Crippen LogP contribution in [0.15, 0.2) is 29.2 Å². The average Bonchev–Trinajstić information content (AvgIpc) is 2.46. The lowest BCUT2D eigenvalue weighted by Crippen LogP contribution is -2.42. The fraction of sp³-hybridized carbons (Fsp3) is 0.600. The first-order valence-electron chi connectivity index (χ1n) is 7.74. The minimum Gasteiger partial charge on any atom is -0.284 e. The summed E-state index contributed by atoms with van der Waals surface area (Å²) in [7, 11) is -6.90. The number of nitrogens with zero attached hydrogens (tertiary/aromatic N) is 1. The molecule has 1 saturated heterocycles. The molecule has 0 aromatic heterocycles. The molecule has 2 rings (SSSR count). The number of hydrogen-bond acceptors (Lipinski definition) is 4. The van der Waals surface area contributed by atoms with E-state index in [-0.39, 0.29) is 10.6 Å². The molecule has 1 heterocycles. The summed E-state index contributed by atoms with van der Waals surface area (Å²) >= 11 is 0. The van der Waals surface area contributed by atoms with Gasteiger partial charge >= 0.3 is 0 Å². The van der Waals surface area contributed by atoms with Gasteiger partial charge in [-0.3, -0.25) is 4.72 Å². The molecule has 2 atom stereocenters. The second kappa shape index (κ2) is 6.78. The van der Waals surface area contributed by atoms with Gasteiger partial charge in [0.2, 0.25) is 20.0 Å². The molecule has 8 heteroatoms. The number of benzene rings is 1. The smallest absolute Gasteiger partial charge is 0.243 e. The topological polar surface area (TPSA) is 83.5 Å². The predicted molar refractivity (Wildman–Crippen MR) is 91.2 cm³/mol. The maximum absolute atomic E-state index is 12.7.